The fourth-order valence-corrected chi connectivity index (χ4v) is 1.83. The van der Waals surface area contributed by atoms with E-state index in [9.17, 15) is 4.79 Å². The Bertz CT molecular complexity index is 202. The summed E-state index contributed by atoms with van der Waals surface area (Å²) in [7, 11) is 4.21. The molecule has 0 saturated carbocycles. The van der Waals surface area contributed by atoms with Crippen LogP contribution < -0.4 is 0 Å². The highest BCUT2D eigenvalue weighted by molar-refractivity contribution is 5.77. The zero-order chi connectivity index (χ0) is 13.3. The van der Waals surface area contributed by atoms with Crippen LogP contribution >= 0.6 is 0 Å². The third kappa shape index (κ3) is 10.5. The Kier molecular flexibility index (Phi) is 9.37. The lowest BCUT2D eigenvalue weighted by Gasteiger charge is -2.25. The van der Waals surface area contributed by atoms with E-state index in [1.165, 1.54) is 0 Å². The molecule has 0 rings (SSSR count). The topological polar surface area (TPSA) is 23.6 Å². The molecule has 0 spiro atoms. The first-order valence-corrected chi connectivity index (χ1v) is 6.84. The van der Waals surface area contributed by atoms with E-state index in [4.69, 9.17) is 0 Å². The maximum Gasteiger partial charge on any atom is 0.132 e. The minimum Gasteiger partial charge on any atom is -0.308 e. The highest BCUT2D eigenvalue weighted by atomic mass is 16.1. The van der Waals surface area contributed by atoms with Crippen molar-refractivity contribution in [1.29, 1.82) is 0 Å². The lowest BCUT2D eigenvalue weighted by Crippen LogP contribution is -2.35. The molecule has 3 heteroatoms. The van der Waals surface area contributed by atoms with Gasteiger partial charge in [0.05, 0.1) is 0 Å². The van der Waals surface area contributed by atoms with Gasteiger partial charge in [-0.2, -0.15) is 0 Å². The van der Waals surface area contributed by atoms with Gasteiger partial charge in [-0.1, -0.05) is 20.8 Å². The first-order chi connectivity index (χ1) is 7.95. The van der Waals surface area contributed by atoms with Crippen molar-refractivity contribution >= 4 is 5.78 Å². The molecule has 3 nitrogen and oxygen atoms in total. The molecule has 0 aromatic heterocycles. The molecule has 0 aromatic rings. The van der Waals surface area contributed by atoms with Crippen molar-refractivity contribution in [1.82, 2.24) is 9.80 Å². The van der Waals surface area contributed by atoms with Crippen LogP contribution in [-0.4, -0.2) is 55.9 Å². The fourth-order valence-electron chi connectivity index (χ4n) is 1.83. The van der Waals surface area contributed by atoms with E-state index in [0.29, 0.717) is 18.1 Å². The summed E-state index contributed by atoms with van der Waals surface area (Å²) in [5, 5.41) is 0. The standard InChI is InChI=1S/C14H30N2O/c1-6-14(17)8-7-9-16(12-13(2)3)11-10-15(4)5/h13H,6-12H2,1-5H3. The van der Waals surface area contributed by atoms with E-state index in [1.807, 2.05) is 6.92 Å². The van der Waals surface area contributed by atoms with Crippen molar-refractivity contribution in [2.45, 2.75) is 40.0 Å². The van der Waals surface area contributed by atoms with Gasteiger partial charge in [0.2, 0.25) is 0 Å². The smallest absolute Gasteiger partial charge is 0.132 e. The van der Waals surface area contributed by atoms with E-state index < -0.39 is 0 Å². The Hall–Kier alpha value is -0.410. The minimum atomic E-state index is 0.391. The molecule has 0 fully saturated rings. The molecule has 17 heavy (non-hydrogen) atoms. The number of likely N-dealkylation sites (N-methyl/N-ethyl adjacent to an activating group) is 1. The highest BCUT2D eigenvalue weighted by Gasteiger charge is 2.08. The Morgan fingerprint density at radius 3 is 2.24 bits per heavy atom. The maximum atomic E-state index is 11.3. The van der Waals surface area contributed by atoms with Crippen molar-refractivity contribution in [2.75, 3.05) is 40.3 Å². The third-order valence-corrected chi connectivity index (χ3v) is 2.81. The normalized spacial score (nSPS) is 11.8. The molecule has 0 unspecified atom stereocenters. The average molecular weight is 242 g/mol. The van der Waals surface area contributed by atoms with E-state index in [-0.39, 0.29) is 0 Å². The molecular formula is C14H30N2O. The van der Waals surface area contributed by atoms with Gasteiger partial charge in [0.15, 0.2) is 0 Å². The first kappa shape index (κ1) is 16.6. The largest absolute Gasteiger partial charge is 0.308 e. The van der Waals surface area contributed by atoms with E-state index in [0.717, 1.165) is 39.0 Å². The van der Waals surface area contributed by atoms with Crippen LogP contribution in [0.3, 0.4) is 0 Å². The van der Waals surface area contributed by atoms with Gasteiger partial charge in [0.25, 0.3) is 0 Å². The second-order valence-electron chi connectivity index (χ2n) is 5.49. The Labute approximate surface area is 107 Å². The van der Waals surface area contributed by atoms with Crippen LogP contribution in [0, 0.1) is 5.92 Å². The zero-order valence-corrected chi connectivity index (χ0v) is 12.3. The van der Waals surface area contributed by atoms with Crippen molar-refractivity contribution < 1.29 is 4.79 Å². The lowest BCUT2D eigenvalue weighted by atomic mass is 10.1. The predicted molar refractivity (Wildman–Crippen MR) is 74.4 cm³/mol. The van der Waals surface area contributed by atoms with E-state index in [1.54, 1.807) is 0 Å². The van der Waals surface area contributed by atoms with Crippen molar-refractivity contribution in [3.8, 4) is 0 Å². The molecule has 0 saturated heterocycles. The molecule has 0 atom stereocenters. The summed E-state index contributed by atoms with van der Waals surface area (Å²) in [4.78, 5) is 15.9. The summed E-state index contributed by atoms with van der Waals surface area (Å²) >= 11 is 0. The van der Waals surface area contributed by atoms with Gasteiger partial charge < -0.3 is 9.80 Å². The summed E-state index contributed by atoms with van der Waals surface area (Å²) in [5.41, 5.74) is 0. The summed E-state index contributed by atoms with van der Waals surface area (Å²) < 4.78 is 0. The Balaban J connectivity index is 3.88. The van der Waals surface area contributed by atoms with Gasteiger partial charge in [-0.15, -0.1) is 0 Å². The molecule has 102 valence electrons. The molecule has 0 aliphatic rings. The van der Waals surface area contributed by atoms with Crippen LogP contribution in [-0.2, 0) is 4.79 Å². The Morgan fingerprint density at radius 2 is 1.76 bits per heavy atom. The SMILES string of the molecule is CCC(=O)CCCN(CCN(C)C)CC(C)C. The number of carbonyl (C=O) groups is 1. The van der Waals surface area contributed by atoms with Crippen molar-refractivity contribution in [3.05, 3.63) is 0 Å². The third-order valence-electron chi connectivity index (χ3n) is 2.81. The first-order valence-electron chi connectivity index (χ1n) is 6.84. The van der Waals surface area contributed by atoms with Gasteiger partial charge in [-0.3, -0.25) is 4.79 Å². The second-order valence-corrected chi connectivity index (χ2v) is 5.49. The molecule has 0 amide bonds. The van der Waals surface area contributed by atoms with Crippen LogP contribution in [0.5, 0.6) is 0 Å². The highest BCUT2D eigenvalue weighted by Crippen LogP contribution is 2.03. The summed E-state index contributed by atoms with van der Waals surface area (Å²) in [6.45, 7) is 10.8. The number of nitrogens with zero attached hydrogens (tertiary/aromatic N) is 2. The second kappa shape index (κ2) is 9.60. The van der Waals surface area contributed by atoms with Gasteiger partial charge in [-0.05, 0) is 33.0 Å². The van der Waals surface area contributed by atoms with Crippen molar-refractivity contribution in [2.24, 2.45) is 5.92 Å². The van der Waals surface area contributed by atoms with E-state index in [2.05, 4.69) is 37.7 Å². The molecule has 0 radical (unpaired) electrons. The molecule has 0 bridgehead atoms. The predicted octanol–water partition coefficient (Wildman–Crippen LogP) is 2.27. The zero-order valence-electron chi connectivity index (χ0n) is 12.3. The number of hydrogen-bond acceptors (Lipinski definition) is 3. The van der Waals surface area contributed by atoms with Crippen LogP contribution in [0.15, 0.2) is 0 Å². The van der Waals surface area contributed by atoms with Gasteiger partial charge >= 0.3 is 0 Å². The lowest BCUT2D eigenvalue weighted by molar-refractivity contribution is -0.118. The quantitative estimate of drug-likeness (QED) is 0.587. The summed E-state index contributed by atoms with van der Waals surface area (Å²) in [6, 6.07) is 0. The van der Waals surface area contributed by atoms with Gasteiger partial charge in [0.1, 0.15) is 5.78 Å². The summed E-state index contributed by atoms with van der Waals surface area (Å²) in [6.07, 6.45) is 2.43. The number of ketones is 1. The number of carbonyl (C=O) groups excluding carboxylic acids is 1. The average Bonchev–Trinajstić information content (AvgIpc) is 2.24. The molecule has 0 aromatic carbocycles. The monoisotopic (exact) mass is 242 g/mol. The maximum absolute atomic E-state index is 11.3. The molecular weight excluding hydrogens is 212 g/mol. The van der Waals surface area contributed by atoms with Gasteiger partial charge in [-0.25, -0.2) is 0 Å². The van der Waals surface area contributed by atoms with Crippen LogP contribution in [0.4, 0.5) is 0 Å². The minimum absolute atomic E-state index is 0.391. The molecule has 0 heterocycles. The number of rotatable bonds is 10. The number of hydrogen-bond donors (Lipinski definition) is 0. The Morgan fingerprint density at radius 1 is 1.12 bits per heavy atom. The fraction of sp³-hybridized carbons (Fsp3) is 0.929. The van der Waals surface area contributed by atoms with Crippen molar-refractivity contribution in [3.63, 3.8) is 0 Å². The van der Waals surface area contributed by atoms with E-state index >= 15 is 0 Å². The van der Waals surface area contributed by atoms with Crippen LogP contribution in [0.1, 0.15) is 40.0 Å². The summed E-state index contributed by atoms with van der Waals surface area (Å²) in [5.74, 6) is 1.08. The molecule has 0 N–H and O–H groups in total. The van der Waals surface area contributed by atoms with Crippen LogP contribution in [0.25, 0.3) is 0 Å². The van der Waals surface area contributed by atoms with Gasteiger partial charge in [0, 0.05) is 32.5 Å². The number of Topliss-reactive ketones (excluding diaryl/α,β-unsaturated/α-hetero) is 1. The molecule has 0 aliphatic carbocycles. The molecule has 0 aliphatic heterocycles. The van der Waals surface area contributed by atoms with Crippen LogP contribution in [0.2, 0.25) is 0 Å².